The summed E-state index contributed by atoms with van der Waals surface area (Å²) in [6.45, 7) is 4.82. The van der Waals surface area contributed by atoms with Gasteiger partial charge in [0.1, 0.15) is 0 Å². The minimum atomic E-state index is 0.501. The van der Waals surface area contributed by atoms with E-state index in [0.717, 1.165) is 12.5 Å². The first-order chi connectivity index (χ1) is 7.81. The molecule has 0 aromatic heterocycles. The predicted molar refractivity (Wildman–Crippen MR) is 68.1 cm³/mol. The van der Waals surface area contributed by atoms with Gasteiger partial charge in [-0.1, -0.05) is 35.7 Å². The monoisotopic (exact) mass is 213 g/mol. The summed E-state index contributed by atoms with van der Waals surface area (Å²) >= 11 is 0. The molecule has 1 aromatic carbocycles. The van der Waals surface area contributed by atoms with E-state index in [9.17, 15) is 0 Å². The van der Waals surface area contributed by atoms with E-state index in [1.54, 1.807) is 0 Å². The smallest absolute Gasteiger partial charge is 0.0581 e. The molecule has 1 atom stereocenters. The van der Waals surface area contributed by atoms with Crippen LogP contribution in [0.3, 0.4) is 0 Å². The van der Waals surface area contributed by atoms with Crippen molar-refractivity contribution in [1.29, 1.82) is 0 Å². The van der Waals surface area contributed by atoms with E-state index >= 15 is 0 Å². The van der Waals surface area contributed by atoms with Crippen LogP contribution in [0.5, 0.6) is 0 Å². The molecule has 0 bridgehead atoms. The molecule has 1 nitrogen and oxygen atoms in total. The largest absolute Gasteiger partial charge is 0.299 e. The molecule has 0 saturated heterocycles. The topological polar surface area (TPSA) is 12.0 Å². The third kappa shape index (κ3) is 2.87. The average molecular weight is 213 g/mol. The summed E-state index contributed by atoms with van der Waals surface area (Å²) in [4.78, 5) is 0. The van der Waals surface area contributed by atoms with Crippen molar-refractivity contribution in [3.63, 3.8) is 0 Å². The summed E-state index contributed by atoms with van der Waals surface area (Å²) in [6.07, 6.45) is 2.70. The van der Waals surface area contributed by atoms with Gasteiger partial charge in [-0.15, -0.1) is 5.92 Å². The van der Waals surface area contributed by atoms with E-state index in [-0.39, 0.29) is 0 Å². The second kappa shape index (κ2) is 5.18. The third-order valence-corrected chi connectivity index (χ3v) is 3.12. The molecule has 1 aliphatic rings. The Balaban J connectivity index is 2.05. The van der Waals surface area contributed by atoms with Gasteiger partial charge in [0.05, 0.1) is 6.54 Å². The van der Waals surface area contributed by atoms with Crippen LogP contribution in [-0.2, 0) is 0 Å². The van der Waals surface area contributed by atoms with Crippen molar-refractivity contribution >= 4 is 0 Å². The normalized spacial score (nSPS) is 16.4. The molecule has 1 aromatic rings. The highest BCUT2D eigenvalue weighted by atomic mass is 14.9. The van der Waals surface area contributed by atoms with Crippen LogP contribution in [0, 0.1) is 24.7 Å². The molecular formula is C15H19N. The Labute approximate surface area is 98.3 Å². The number of hydrogen-bond acceptors (Lipinski definition) is 1. The van der Waals surface area contributed by atoms with E-state index in [4.69, 9.17) is 0 Å². The van der Waals surface area contributed by atoms with Gasteiger partial charge in [-0.25, -0.2) is 0 Å². The van der Waals surface area contributed by atoms with E-state index in [1.807, 2.05) is 6.92 Å². The molecule has 1 aliphatic carbocycles. The van der Waals surface area contributed by atoms with Crippen LogP contribution in [0.15, 0.2) is 24.3 Å². The lowest BCUT2D eigenvalue weighted by Gasteiger charge is -2.17. The third-order valence-electron chi connectivity index (χ3n) is 3.12. The quantitative estimate of drug-likeness (QED) is 0.758. The first-order valence-electron chi connectivity index (χ1n) is 6.01. The number of rotatable bonds is 4. The van der Waals surface area contributed by atoms with Gasteiger partial charge in [0, 0.05) is 6.04 Å². The summed E-state index contributed by atoms with van der Waals surface area (Å²) < 4.78 is 0. The Morgan fingerprint density at radius 1 is 1.31 bits per heavy atom. The Morgan fingerprint density at radius 2 is 2.00 bits per heavy atom. The van der Waals surface area contributed by atoms with Crippen molar-refractivity contribution in [3.05, 3.63) is 35.4 Å². The van der Waals surface area contributed by atoms with Gasteiger partial charge in [0.25, 0.3) is 0 Å². The van der Waals surface area contributed by atoms with Crippen molar-refractivity contribution in [2.45, 2.75) is 32.7 Å². The zero-order valence-corrected chi connectivity index (χ0v) is 10.1. The second-order valence-electron chi connectivity index (χ2n) is 4.53. The lowest BCUT2D eigenvalue weighted by atomic mass is 10.0. The molecular weight excluding hydrogens is 194 g/mol. The molecule has 1 N–H and O–H groups in total. The molecule has 0 amide bonds. The second-order valence-corrected chi connectivity index (χ2v) is 4.53. The molecule has 2 rings (SSSR count). The number of hydrogen-bond donors (Lipinski definition) is 1. The Morgan fingerprint density at radius 3 is 2.56 bits per heavy atom. The first kappa shape index (κ1) is 11.2. The Bertz CT molecular complexity index is 390. The zero-order chi connectivity index (χ0) is 11.4. The lowest BCUT2D eigenvalue weighted by Crippen LogP contribution is -2.23. The summed E-state index contributed by atoms with van der Waals surface area (Å²) in [6, 6.07) is 9.37. The molecule has 1 heteroatoms. The highest BCUT2D eigenvalue weighted by Gasteiger charge is 2.31. The maximum Gasteiger partial charge on any atom is 0.0581 e. The van der Waals surface area contributed by atoms with Gasteiger partial charge < -0.3 is 0 Å². The van der Waals surface area contributed by atoms with Gasteiger partial charge in [-0.3, -0.25) is 5.32 Å². The summed E-state index contributed by atoms with van der Waals surface area (Å²) in [5.74, 6) is 6.83. The van der Waals surface area contributed by atoms with Crippen LogP contribution in [0.1, 0.15) is 36.9 Å². The van der Waals surface area contributed by atoms with Crippen molar-refractivity contribution in [1.82, 2.24) is 5.32 Å². The van der Waals surface area contributed by atoms with Crippen molar-refractivity contribution in [3.8, 4) is 11.8 Å². The fraction of sp³-hybridized carbons (Fsp3) is 0.467. The summed E-state index contributed by atoms with van der Waals surface area (Å²) in [5, 5.41) is 3.54. The minimum Gasteiger partial charge on any atom is -0.299 e. The highest BCUT2D eigenvalue weighted by molar-refractivity contribution is 5.25. The molecule has 1 unspecified atom stereocenters. The van der Waals surface area contributed by atoms with Crippen LogP contribution < -0.4 is 5.32 Å². The number of aryl methyl sites for hydroxylation is 1. The molecule has 0 aliphatic heterocycles. The zero-order valence-electron chi connectivity index (χ0n) is 10.1. The SMILES string of the molecule is CC#CCNC(c1ccc(C)cc1)C1CC1. The van der Waals surface area contributed by atoms with Crippen molar-refractivity contribution in [2.24, 2.45) is 5.92 Å². The lowest BCUT2D eigenvalue weighted by molar-refractivity contribution is 0.511. The molecule has 0 radical (unpaired) electrons. The highest BCUT2D eigenvalue weighted by Crippen LogP contribution is 2.40. The van der Waals surface area contributed by atoms with Crippen LogP contribution >= 0.6 is 0 Å². The molecule has 1 saturated carbocycles. The maximum absolute atomic E-state index is 3.54. The Hall–Kier alpha value is -1.26. The van der Waals surface area contributed by atoms with Crippen LogP contribution in [-0.4, -0.2) is 6.54 Å². The molecule has 84 valence electrons. The van der Waals surface area contributed by atoms with Gasteiger partial charge >= 0.3 is 0 Å². The van der Waals surface area contributed by atoms with Crippen LogP contribution in [0.25, 0.3) is 0 Å². The fourth-order valence-electron chi connectivity index (χ4n) is 2.01. The average Bonchev–Trinajstić information content (AvgIpc) is 3.10. The molecule has 1 fully saturated rings. The molecule has 0 heterocycles. The molecule has 0 spiro atoms. The number of nitrogens with one attached hydrogen (secondary N) is 1. The maximum atomic E-state index is 3.54. The van der Waals surface area contributed by atoms with Crippen molar-refractivity contribution < 1.29 is 0 Å². The van der Waals surface area contributed by atoms with Gasteiger partial charge in [-0.05, 0) is 38.2 Å². The first-order valence-corrected chi connectivity index (χ1v) is 6.01. The van der Waals surface area contributed by atoms with E-state index in [2.05, 4.69) is 48.3 Å². The minimum absolute atomic E-state index is 0.501. The number of benzene rings is 1. The fourth-order valence-corrected chi connectivity index (χ4v) is 2.01. The van der Waals surface area contributed by atoms with Crippen LogP contribution in [0.4, 0.5) is 0 Å². The van der Waals surface area contributed by atoms with E-state index in [1.165, 1.54) is 24.0 Å². The predicted octanol–water partition coefficient (Wildman–Crippen LogP) is 3.06. The van der Waals surface area contributed by atoms with Crippen molar-refractivity contribution in [2.75, 3.05) is 6.54 Å². The van der Waals surface area contributed by atoms with E-state index in [0.29, 0.717) is 6.04 Å². The van der Waals surface area contributed by atoms with Gasteiger partial charge in [-0.2, -0.15) is 0 Å². The van der Waals surface area contributed by atoms with Gasteiger partial charge in [0.2, 0.25) is 0 Å². The van der Waals surface area contributed by atoms with Gasteiger partial charge in [0.15, 0.2) is 0 Å². The summed E-state index contributed by atoms with van der Waals surface area (Å²) in [5.41, 5.74) is 2.73. The van der Waals surface area contributed by atoms with Crippen LogP contribution in [0.2, 0.25) is 0 Å². The van der Waals surface area contributed by atoms with E-state index < -0.39 is 0 Å². The Kier molecular flexibility index (Phi) is 3.64. The summed E-state index contributed by atoms with van der Waals surface area (Å²) in [7, 11) is 0. The standard InChI is InChI=1S/C15H19N/c1-3-4-11-16-15(14-9-10-14)13-7-5-12(2)6-8-13/h5-8,14-16H,9-11H2,1-2H3. The molecule has 16 heavy (non-hydrogen) atoms.